The van der Waals surface area contributed by atoms with E-state index in [9.17, 15) is 4.79 Å². The Bertz CT molecular complexity index is 796. The van der Waals surface area contributed by atoms with E-state index in [1.54, 1.807) is 10.9 Å². The summed E-state index contributed by atoms with van der Waals surface area (Å²) in [5.74, 6) is 1.29. The molecule has 24 heavy (non-hydrogen) atoms. The van der Waals surface area contributed by atoms with E-state index >= 15 is 0 Å². The molecule has 0 spiro atoms. The van der Waals surface area contributed by atoms with Crippen LogP contribution in [0, 0.1) is 0 Å². The molecular weight excluding hydrogens is 306 g/mol. The number of hydrogen-bond donors (Lipinski definition) is 1. The number of carbonyl (C=O) groups is 1. The Kier molecular flexibility index (Phi) is 3.78. The zero-order valence-corrected chi connectivity index (χ0v) is 13.0. The van der Waals surface area contributed by atoms with Crippen LogP contribution in [0.25, 0.3) is 5.69 Å². The van der Waals surface area contributed by atoms with Crippen molar-refractivity contribution in [2.24, 2.45) is 0 Å². The van der Waals surface area contributed by atoms with E-state index in [1.165, 1.54) is 6.33 Å². The molecule has 122 valence electrons. The van der Waals surface area contributed by atoms with Gasteiger partial charge in [-0.2, -0.15) is 0 Å². The zero-order chi connectivity index (χ0) is 16.4. The van der Waals surface area contributed by atoms with Crippen molar-refractivity contribution in [2.75, 3.05) is 13.1 Å². The van der Waals surface area contributed by atoms with Crippen LogP contribution >= 0.6 is 0 Å². The summed E-state index contributed by atoms with van der Waals surface area (Å²) in [5.41, 5.74) is 1.50. The average Bonchev–Trinajstić information content (AvgIpc) is 3.35. The number of nitrogens with one attached hydrogen (secondary N) is 1. The van der Waals surface area contributed by atoms with Gasteiger partial charge in [-0.05, 0) is 47.5 Å². The standard InChI is InChI=1S/C16H17N7O/c24-16(12-3-5-14(6-4-12)23-11-19-20-21-23)22-9-1-2-13(10-22)15-17-7-8-18-15/h3-8,11,13H,1-2,9-10H2,(H,17,18)/t13-/m1/s1. The monoisotopic (exact) mass is 323 g/mol. The van der Waals surface area contributed by atoms with Gasteiger partial charge in [0.05, 0.1) is 5.69 Å². The molecule has 1 aromatic carbocycles. The van der Waals surface area contributed by atoms with Gasteiger partial charge in [0.15, 0.2) is 0 Å². The lowest BCUT2D eigenvalue weighted by Crippen LogP contribution is -2.39. The van der Waals surface area contributed by atoms with Crippen molar-refractivity contribution >= 4 is 5.91 Å². The van der Waals surface area contributed by atoms with Crippen molar-refractivity contribution < 1.29 is 4.79 Å². The van der Waals surface area contributed by atoms with Gasteiger partial charge in [0.1, 0.15) is 12.2 Å². The van der Waals surface area contributed by atoms with Crippen LogP contribution in [0.1, 0.15) is 34.9 Å². The van der Waals surface area contributed by atoms with E-state index in [2.05, 4.69) is 25.5 Å². The molecule has 1 aliphatic heterocycles. The Labute approximate surface area is 138 Å². The number of likely N-dealkylation sites (tertiary alicyclic amines) is 1. The van der Waals surface area contributed by atoms with Gasteiger partial charge in [0, 0.05) is 37.0 Å². The summed E-state index contributed by atoms with van der Waals surface area (Å²) in [7, 11) is 0. The summed E-state index contributed by atoms with van der Waals surface area (Å²) in [6.45, 7) is 1.48. The molecule has 1 atom stereocenters. The largest absolute Gasteiger partial charge is 0.348 e. The minimum absolute atomic E-state index is 0.0505. The summed E-state index contributed by atoms with van der Waals surface area (Å²) < 4.78 is 1.56. The van der Waals surface area contributed by atoms with Gasteiger partial charge in [-0.15, -0.1) is 5.10 Å². The number of aromatic amines is 1. The molecule has 0 bridgehead atoms. The van der Waals surface area contributed by atoms with Gasteiger partial charge < -0.3 is 9.88 Å². The maximum atomic E-state index is 12.8. The highest BCUT2D eigenvalue weighted by molar-refractivity contribution is 5.94. The maximum Gasteiger partial charge on any atom is 0.253 e. The Morgan fingerprint density at radius 2 is 2.12 bits per heavy atom. The average molecular weight is 323 g/mol. The number of hydrogen-bond acceptors (Lipinski definition) is 5. The zero-order valence-electron chi connectivity index (χ0n) is 13.0. The first kappa shape index (κ1) is 14.6. The Balaban J connectivity index is 1.49. The molecule has 3 aromatic rings. The van der Waals surface area contributed by atoms with Crippen LogP contribution < -0.4 is 0 Å². The van der Waals surface area contributed by atoms with Crippen LogP contribution in [0.3, 0.4) is 0 Å². The Morgan fingerprint density at radius 1 is 1.25 bits per heavy atom. The van der Waals surface area contributed by atoms with Crippen molar-refractivity contribution in [1.29, 1.82) is 0 Å². The molecule has 3 heterocycles. The summed E-state index contributed by atoms with van der Waals surface area (Å²) in [5, 5.41) is 11.1. The molecule has 1 amide bonds. The van der Waals surface area contributed by atoms with E-state index in [0.717, 1.165) is 30.9 Å². The maximum absolute atomic E-state index is 12.8. The third kappa shape index (κ3) is 2.78. The minimum atomic E-state index is 0.0505. The summed E-state index contributed by atoms with van der Waals surface area (Å²) in [6, 6.07) is 7.32. The van der Waals surface area contributed by atoms with Gasteiger partial charge in [0.2, 0.25) is 0 Å². The lowest BCUT2D eigenvalue weighted by atomic mass is 9.96. The second kappa shape index (κ2) is 6.23. The first-order valence-electron chi connectivity index (χ1n) is 7.93. The predicted octanol–water partition coefficient (Wildman–Crippen LogP) is 1.41. The molecule has 0 saturated carbocycles. The molecule has 8 nitrogen and oxygen atoms in total. The smallest absolute Gasteiger partial charge is 0.253 e. The fourth-order valence-electron chi connectivity index (χ4n) is 3.10. The number of rotatable bonds is 3. The third-order valence-corrected chi connectivity index (χ3v) is 4.34. The number of piperidine rings is 1. The molecule has 1 fully saturated rings. The van der Waals surface area contributed by atoms with E-state index < -0.39 is 0 Å². The first-order valence-corrected chi connectivity index (χ1v) is 7.93. The minimum Gasteiger partial charge on any atom is -0.348 e. The van der Waals surface area contributed by atoms with Crippen LogP contribution in [0.2, 0.25) is 0 Å². The van der Waals surface area contributed by atoms with Gasteiger partial charge in [-0.1, -0.05) is 0 Å². The van der Waals surface area contributed by atoms with E-state index in [4.69, 9.17) is 0 Å². The molecule has 0 unspecified atom stereocenters. The number of H-pyrrole nitrogens is 1. The van der Waals surface area contributed by atoms with Gasteiger partial charge in [-0.3, -0.25) is 4.79 Å². The fourth-order valence-corrected chi connectivity index (χ4v) is 3.10. The fraction of sp³-hybridized carbons (Fsp3) is 0.312. The Hall–Kier alpha value is -3.03. The number of aromatic nitrogens is 6. The number of carbonyl (C=O) groups excluding carboxylic acids is 1. The van der Waals surface area contributed by atoms with Crippen molar-refractivity contribution in [3.05, 3.63) is 54.4 Å². The SMILES string of the molecule is O=C(c1ccc(-n2cnnn2)cc1)N1CCC[C@@H](c2ncc[nH]2)C1. The highest BCUT2D eigenvalue weighted by Gasteiger charge is 2.26. The first-order chi connectivity index (χ1) is 11.8. The quantitative estimate of drug-likeness (QED) is 0.786. The molecule has 2 aromatic heterocycles. The van der Waals surface area contributed by atoms with Gasteiger partial charge in [0.25, 0.3) is 5.91 Å². The topological polar surface area (TPSA) is 92.6 Å². The highest BCUT2D eigenvalue weighted by atomic mass is 16.2. The van der Waals surface area contributed by atoms with Crippen LogP contribution in [0.15, 0.2) is 43.0 Å². The number of tetrazole rings is 1. The van der Waals surface area contributed by atoms with Crippen molar-refractivity contribution in [3.63, 3.8) is 0 Å². The third-order valence-electron chi connectivity index (χ3n) is 4.34. The molecule has 1 N–H and O–H groups in total. The van der Waals surface area contributed by atoms with Crippen molar-refractivity contribution in [2.45, 2.75) is 18.8 Å². The normalized spacial score (nSPS) is 17.8. The van der Waals surface area contributed by atoms with E-state index in [-0.39, 0.29) is 11.8 Å². The molecule has 0 radical (unpaired) electrons. The number of benzene rings is 1. The van der Waals surface area contributed by atoms with E-state index in [0.29, 0.717) is 12.1 Å². The summed E-state index contributed by atoms with van der Waals surface area (Å²) >= 11 is 0. The van der Waals surface area contributed by atoms with Crippen molar-refractivity contribution in [1.82, 2.24) is 35.1 Å². The van der Waals surface area contributed by atoms with E-state index in [1.807, 2.05) is 35.4 Å². The van der Waals surface area contributed by atoms with Crippen LogP contribution in [0.4, 0.5) is 0 Å². The predicted molar refractivity (Wildman–Crippen MR) is 85.6 cm³/mol. The number of imidazole rings is 1. The summed E-state index contributed by atoms with van der Waals surface area (Å²) in [4.78, 5) is 22.2. The van der Waals surface area contributed by atoms with Crippen LogP contribution in [-0.4, -0.2) is 54.1 Å². The van der Waals surface area contributed by atoms with Gasteiger partial charge in [-0.25, -0.2) is 9.67 Å². The van der Waals surface area contributed by atoms with Crippen LogP contribution in [0.5, 0.6) is 0 Å². The molecule has 1 saturated heterocycles. The number of amides is 1. The number of nitrogens with zero attached hydrogens (tertiary/aromatic N) is 6. The highest BCUT2D eigenvalue weighted by Crippen LogP contribution is 2.25. The second-order valence-corrected chi connectivity index (χ2v) is 5.87. The molecule has 4 rings (SSSR count). The van der Waals surface area contributed by atoms with Crippen molar-refractivity contribution in [3.8, 4) is 5.69 Å². The molecule has 8 heteroatoms. The molecular formula is C16H17N7O. The Morgan fingerprint density at radius 3 is 2.83 bits per heavy atom. The molecule has 0 aliphatic carbocycles. The summed E-state index contributed by atoms with van der Waals surface area (Å²) in [6.07, 6.45) is 7.15. The van der Waals surface area contributed by atoms with Crippen LogP contribution in [-0.2, 0) is 0 Å². The second-order valence-electron chi connectivity index (χ2n) is 5.87. The molecule has 1 aliphatic rings. The lowest BCUT2D eigenvalue weighted by Gasteiger charge is -2.32. The lowest BCUT2D eigenvalue weighted by molar-refractivity contribution is 0.0705. The van der Waals surface area contributed by atoms with Gasteiger partial charge >= 0.3 is 0 Å².